The Hall–Kier alpha value is -3.04. The standard InChI is InChI=1S/C23H19ClN2O/c1-15-5-3-4-6-19(15)23(27)20-9-7-18(14-21(20)24)26(2)17-8-10-22-16(13-17)11-12-25-22/h3-14,25H,1-2H3. The van der Waals surface area contributed by atoms with Crippen LogP contribution in [-0.2, 0) is 0 Å². The fraction of sp³-hybridized carbons (Fsp3) is 0.0870. The van der Waals surface area contributed by atoms with E-state index in [-0.39, 0.29) is 5.78 Å². The van der Waals surface area contributed by atoms with Crippen molar-refractivity contribution in [1.82, 2.24) is 4.98 Å². The molecule has 0 aliphatic heterocycles. The first kappa shape index (κ1) is 17.4. The number of aryl methyl sites for hydroxylation is 1. The normalized spacial score (nSPS) is 10.9. The fourth-order valence-corrected chi connectivity index (χ4v) is 3.53. The Morgan fingerprint density at radius 2 is 1.67 bits per heavy atom. The molecule has 1 N–H and O–H groups in total. The number of H-pyrrole nitrogens is 1. The van der Waals surface area contributed by atoms with Gasteiger partial charge in [0.05, 0.1) is 5.02 Å². The molecule has 0 saturated heterocycles. The van der Waals surface area contributed by atoms with Crippen LogP contribution in [0.3, 0.4) is 0 Å². The van der Waals surface area contributed by atoms with Crippen molar-refractivity contribution in [3.63, 3.8) is 0 Å². The number of fused-ring (bicyclic) bond motifs is 1. The minimum atomic E-state index is -0.0546. The Morgan fingerprint density at radius 3 is 2.44 bits per heavy atom. The second-order valence-electron chi connectivity index (χ2n) is 6.62. The smallest absolute Gasteiger partial charge is 0.194 e. The molecule has 0 aliphatic rings. The van der Waals surface area contributed by atoms with Crippen LogP contribution in [-0.4, -0.2) is 17.8 Å². The number of hydrogen-bond donors (Lipinski definition) is 1. The molecule has 0 bridgehead atoms. The molecule has 0 aliphatic carbocycles. The van der Waals surface area contributed by atoms with E-state index in [0.29, 0.717) is 16.1 Å². The van der Waals surface area contributed by atoms with E-state index in [4.69, 9.17) is 11.6 Å². The number of rotatable bonds is 4. The third kappa shape index (κ3) is 3.22. The molecule has 3 nitrogen and oxygen atoms in total. The summed E-state index contributed by atoms with van der Waals surface area (Å²) >= 11 is 6.48. The van der Waals surface area contributed by atoms with Gasteiger partial charge in [-0.2, -0.15) is 0 Å². The van der Waals surface area contributed by atoms with Gasteiger partial charge in [-0.05, 0) is 55.0 Å². The monoisotopic (exact) mass is 374 g/mol. The number of anilines is 2. The summed E-state index contributed by atoms with van der Waals surface area (Å²) in [6, 6.07) is 21.4. The first-order valence-electron chi connectivity index (χ1n) is 8.75. The summed E-state index contributed by atoms with van der Waals surface area (Å²) < 4.78 is 0. The van der Waals surface area contributed by atoms with Crippen molar-refractivity contribution in [3.8, 4) is 0 Å². The first-order valence-corrected chi connectivity index (χ1v) is 9.13. The molecule has 0 atom stereocenters. The number of ketones is 1. The maximum absolute atomic E-state index is 12.9. The Morgan fingerprint density at radius 1 is 0.926 bits per heavy atom. The molecule has 0 unspecified atom stereocenters. The van der Waals surface area contributed by atoms with E-state index < -0.39 is 0 Å². The van der Waals surface area contributed by atoms with E-state index in [9.17, 15) is 4.79 Å². The number of nitrogens with one attached hydrogen (secondary N) is 1. The van der Waals surface area contributed by atoms with Gasteiger partial charge in [0.1, 0.15) is 0 Å². The highest BCUT2D eigenvalue weighted by atomic mass is 35.5. The second kappa shape index (κ2) is 6.93. The zero-order valence-corrected chi connectivity index (χ0v) is 15.9. The van der Waals surface area contributed by atoms with Gasteiger partial charge in [0.25, 0.3) is 0 Å². The molecule has 0 spiro atoms. The van der Waals surface area contributed by atoms with E-state index in [2.05, 4.69) is 28.1 Å². The number of carbonyl (C=O) groups excluding carboxylic acids is 1. The lowest BCUT2D eigenvalue weighted by Crippen LogP contribution is -2.10. The molecule has 1 heterocycles. The summed E-state index contributed by atoms with van der Waals surface area (Å²) in [5.41, 5.74) is 5.22. The number of aromatic nitrogens is 1. The molecule has 0 saturated carbocycles. The van der Waals surface area contributed by atoms with Crippen LogP contribution >= 0.6 is 11.6 Å². The van der Waals surface area contributed by atoms with Crippen LogP contribution in [0.5, 0.6) is 0 Å². The highest BCUT2D eigenvalue weighted by Gasteiger charge is 2.16. The van der Waals surface area contributed by atoms with Crippen molar-refractivity contribution < 1.29 is 4.79 Å². The molecular formula is C23H19ClN2O. The average molecular weight is 375 g/mol. The zero-order valence-electron chi connectivity index (χ0n) is 15.2. The quantitative estimate of drug-likeness (QED) is 0.436. The SMILES string of the molecule is Cc1ccccc1C(=O)c1ccc(N(C)c2ccc3[nH]ccc3c2)cc1Cl. The van der Waals surface area contributed by atoms with Crippen LogP contribution in [0, 0.1) is 6.92 Å². The van der Waals surface area contributed by atoms with Gasteiger partial charge in [-0.1, -0.05) is 35.9 Å². The van der Waals surface area contributed by atoms with Crippen molar-refractivity contribution in [3.05, 3.63) is 94.6 Å². The fourth-order valence-electron chi connectivity index (χ4n) is 3.27. The minimum Gasteiger partial charge on any atom is -0.361 e. The predicted octanol–water partition coefficient (Wildman–Crippen LogP) is 6.13. The van der Waals surface area contributed by atoms with Gasteiger partial charge >= 0.3 is 0 Å². The molecule has 134 valence electrons. The van der Waals surface area contributed by atoms with Crippen molar-refractivity contribution in [2.24, 2.45) is 0 Å². The maximum atomic E-state index is 12.9. The number of hydrogen-bond acceptors (Lipinski definition) is 2. The Kier molecular flexibility index (Phi) is 4.46. The summed E-state index contributed by atoms with van der Waals surface area (Å²) in [7, 11) is 1.99. The lowest BCUT2D eigenvalue weighted by Gasteiger charge is -2.20. The van der Waals surface area contributed by atoms with Crippen molar-refractivity contribution in [1.29, 1.82) is 0 Å². The minimum absolute atomic E-state index is 0.0546. The summed E-state index contributed by atoms with van der Waals surface area (Å²) in [4.78, 5) is 18.1. The topological polar surface area (TPSA) is 36.1 Å². The average Bonchev–Trinajstić information content (AvgIpc) is 3.15. The van der Waals surface area contributed by atoms with E-state index in [0.717, 1.165) is 27.8 Å². The molecule has 0 amide bonds. The molecule has 4 rings (SSSR count). The van der Waals surface area contributed by atoms with Gasteiger partial charge in [0, 0.05) is 46.6 Å². The van der Waals surface area contributed by atoms with Crippen LogP contribution in [0.25, 0.3) is 10.9 Å². The van der Waals surface area contributed by atoms with Gasteiger partial charge in [-0.25, -0.2) is 0 Å². The lowest BCUT2D eigenvalue weighted by atomic mass is 9.99. The Labute approximate surface area is 163 Å². The predicted molar refractivity (Wildman–Crippen MR) is 112 cm³/mol. The van der Waals surface area contributed by atoms with E-state index in [1.807, 2.05) is 62.6 Å². The largest absolute Gasteiger partial charge is 0.361 e. The third-order valence-corrected chi connectivity index (χ3v) is 5.21. The van der Waals surface area contributed by atoms with E-state index in [1.165, 1.54) is 0 Å². The van der Waals surface area contributed by atoms with Crippen LogP contribution < -0.4 is 4.90 Å². The molecule has 4 heteroatoms. The third-order valence-electron chi connectivity index (χ3n) is 4.90. The van der Waals surface area contributed by atoms with Gasteiger partial charge < -0.3 is 9.88 Å². The molecule has 1 aromatic heterocycles. The Bertz CT molecular complexity index is 1150. The summed E-state index contributed by atoms with van der Waals surface area (Å²) in [6.45, 7) is 1.93. The van der Waals surface area contributed by atoms with Crippen molar-refractivity contribution in [2.75, 3.05) is 11.9 Å². The second-order valence-corrected chi connectivity index (χ2v) is 7.02. The van der Waals surface area contributed by atoms with Crippen LogP contribution in [0.2, 0.25) is 5.02 Å². The molecule has 4 aromatic rings. The van der Waals surface area contributed by atoms with Crippen molar-refractivity contribution >= 4 is 39.7 Å². The summed E-state index contributed by atoms with van der Waals surface area (Å²) in [6.07, 6.45) is 1.93. The zero-order chi connectivity index (χ0) is 19.0. The molecular weight excluding hydrogens is 356 g/mol. The van der Waals surface area contributed by atoms with E-state index in [1.54, 1.807) is 6.07 Å². The Balaban J connectivity index is 1.66. The number of nitrogens with zero attached hydrogens (tertiary/aromatic N) is 1. The molecule has 0 fully saturated rings. The molecule has 3 aromatic carbocycles. The van der Waals surface area contributed by atoms with Gasteiger partial charge in [0.2, 0.25) is 0 Å². The van der Waals surface area contributed by atoms with E-state index >= 15 is 0 Å². The number of halogens is 1. The van der Waals surface area contributed by atoms with Crippen LogP contribution in [0.1, 0.15) is 21.5 Å². The summed E-state index contributed by atoms with van der Waals surface area (Å²) in [5, 5.41) is 1.60. The number of carbonyl (C=O) groups is 1. The highest BCUT2D eigenvalue weighted by Crippen LogP contribution is 2.31. The highest BCUT2D eigenvalue weighted by molar-refractivity contribution is 6.35. The number of aromatic amines is 1. The number of benzene rings is 3. The maximum Gasteiger partial charge on any atom is 0.194 e. The lowest BCUT2D eigenvalue weighted by molar-refractivity contribution is 0.103. The van der Waals surface area contributed by atoms with Gasteiger partial charge in [-0.3, -0.25) is 4.79 Å². The van der Waals surface area contributed by atoms with Gasteiger partial charge in [0.15, 0.2) is 5.78 Å². The molecule has 0 radical (unpaired) electrons. The molecule has 27 heavy (non-hydrogen) atoms. The first-order chi connectivity index (χ1) is 13.0. The van der Waals surface area contributed by atoms with Crippen LogP contribution in [0.4, 0.5) is 11.4 Å². The van der Waals surface area contributed by atoms with Gasteiger partial charge in [-0.15, -0.1) is 0 Å². The van der Waals surface area contributed by atoms with Crippen LogP contribution in [0.15, 0.2) is 72.9 Å². The van der Waals surface area contributed by atoms with Crippen molar-refractivity contribution in [2.45, 2.75) is 6.92 Å². The summed E-state index contributed by atoms with van der Waals surface area (Å²) in [5.74, 6) is -0.0546.